The van der Waals surface area contributed by atoms with E-state index in [9.17, 15) is 17.8 Å². The van der Waals surface area contributed by atoms with Crippen molar-refractivity contribution in [1.29, 1.82) is 0 Å². The first-order valence-corrected chi connectivity index (χ1v) is 5.19. The first-order valence-electron chi connectivity index (χ1n) is 3.62. The molecule has 0 aromatic heterocycles. The summed E-state index contributed by atoms with van der Waals surface area (Å²) < 4.78 is 30.8. The lowest BCUT2D eigenvalue weighted by Crippen LogP contribution is -2.34. The molecule has 6 heteroatoms. The van der Waals surface area contributed by atoms with E-state index in [-0.39, 0.29) is 18.9 Å². The number of nitrogens with zero attached hydrogens (tertiary/aromatic N) is 1. The van der Waals surface area contributed by atoms with Crippen LogP contribution in [0.5, 0.6) is 0 Å². The third-order valence-electron chi connectivity index (χ3n) is 1.35. The number of amides is 1. The summed E-state index contributed by atoms with van der Waals surface area (Å²) in [5.74, 6) is -1.05. The number of rotatable bonds is 4. The van der Waals surface area contributed by atoms with Crippen LogP contribution in [0, 0.1) is 0 Å². The predicted octanol–water partition coefficient (Wildman–Crippen LogP) is -0.252. The van der Waals surface area contributed by atoms with Gasteiger partial charge in [-0.05, 0) is 6.92 Å². The molecule has 0 aromatic rings. The number of hydrogen-bond donors (Lipinski definition) is 0. The molecule has 0 aliphatic rings. The van der Waals surface area contributed by atoms with Crippen LogP contribution in [0.15, 0.2) is 0 Å². The summed E-state index contributed by atoms with van der Waals surface area (Å²) in [5.41, 5.74) is 0. The van der Waals surface area contributed by atoms with Gasteiger partial charge in [-0.2, -0.15) is 0 Å². The van der Waals surface area contributed by atoms with E-state index < -0.39 is 16.0 Å². The van der Waals surface area contributed by atoms with Crippen LogP contribution in [0.3, 0.4) is 0 Å². The lowest BCUT2D eigenvalue weighted by Gasteiger charge is -2.21. The molecule has 5 nitrogen and oxygen atoms in total. The maximum absolute atomic E-state index is 10.9. The summed E-state index contributed by atoms with van der Waals surface area (Å²) in [7, 11) is -4.34. The molecular formula is C6H12NO4S-. The Balaban J connectivity index is 4.29. The Morgan fingerprint density at radius 1 is 1.42 bits per heavy atom. The molecular weight excluding hydrogens is 182 g/mol. The van der Waals surface area contributed by atoms with Gasteiger partial charge in [-0.3, -0.25) is 4.79 Å². The molecule has 12 heavy (non-hydrogen) atoms. The van der Waals surface area contributed by atoms with Crippen molar-refractivity contribution < 1.29 is 17.8 Å². The Labute approximate surface area is 72.1 Å². The fourth-order valence-electron chi connectivity index (χ4n) is 0.754. The second-order valence-corrected chi connectivity index (χ2v) is 3.66. The van der Waals surface area contributed by atoms with E-state index in [1.807, 2.05) is 0 Å². The fourth-order valence-corrected chi connectivity index (χ4v) is 1.46. The van der Waals surface area contributed by atoms with Crippen LogP contribution in [0.1, 0.15) is 20.3 Å². The van der Waals surface area contributed by atoms with E-state index in [4.69, 9.17) is 0 Å². The van der Waals surface area contributed by atoms with Crippen molar-refractivity contribution in [2.75, 3.05) is 12.4 Å². The van der Waals surface area contributed by atoms with E-state index in [1.165, 1.54) is 0 Å². The second-order valence-electron chi connectivity index (χ2n) is 2.29. The van der Waals surface area contributed by atoms with Gasteiger partial charge in [-0.15, -0.1) is 0 Å². The van der Waals surface area contributed by atoms with Crippen LogP contribution in [-0.4, -0.2) is 36.2 Å². The summed E-state index contributed by atoms with van der Waals surface area (Å²) in [6, 6.07) is 0. The minimum absolute atomic E-state index is 0.212. The van der Waals surface area contributed by atoms with Gasteiger partial charge in [0, 0.05) is 13.0 Å². The van der Waals surface area contributed by atoms with Gasteiger partial charge >= 0.3 is 0 Å². The standard InChI is InChI=1S/C6H13NO4S/c1-3-6(8)7(4-2)5-12(9,10)11/h3-5H2,1-2H3,(H,9,10,11)/p-1. The van der Waals surface area contributed by atoms with Crippen LogP contribution in [0.4, 0.5) is 0 Å². The molecule has 0 N–H and O–H groups in total. The molecule has 0 rings (SSSR count). The smallest absolute Gasteiger partial charge is 0.223 e. The largest absolute Gasteiger partial charge is 0.747 e. The molecule has 0 saturated heterocycles. The first kappa shape index (κ1) is 11.4. The second kappa shape index (κ2) is 4.42. The highest BCUT2D eigenvalue weighted by Gasteiger charge is 2.11. The van der Waals surface area contributed by atoms with Crippen molar-refractivity contribution in [1.82, 2.24) is 4.90 Å². The van der Waals surface area contributed by atoms with Crippen molar-refractivity contribution in [3.05, 3.63) is 0 Å². The number of hydrogen-bond acceptors (Lipinski definition) is 4. The SMILES string of the molecule is CCC(=O)N(CC)CS(=O)(=O)[O-]. The number of carbonyl (C=O) groups is 1. The Hall–Kier alpha value is -0.620. The van der Waals surface area contributed by atoms with Crippen molar-refractivity contribution in [2.45, 2.75) is 20.3 Å². The third kappa shape index (κ3) is 4.30. The van der Waals surface area contributed by atoms with E-state index in [0.717, 1.165) is 4.90 Å². The Bertz CT molecular complexity index is 246. The highest BCUT2D eigenvalue weighted by atomic mass is 32.2. The minimum Gasteiger partial charge on any atom is -0.747 e. The molecule has 0 bridgehead atoms. The van der Waals surface area contributed by atoms with Gasteiger partial charge in [0.05, 0.1) is 0 Å². The lowest BCUT2D eigenvalue weighted by molar-refractivity contribution is -0.129. The van der Waals surface area contributed by atoms with Crippen molar-refractivity contribution in [3.8, 4) is 0 Å². The average Bonchev–Trinajstić information content (AvgIpc) is 1.97. The maximum Gasteiger partial charge on any atom is 0.223 e. The van der Waals surface area contributed by atoms with Crippen LogP contribution < -0.4 is 0 Å². The average molecular weight is 194 g/mol. The third-order valence-corrected chi connectivity index (χ3v) is 1.98. The minimum atomic E-state index is -4.34. The monoisotopic (exact) mass is 194 g/mol. The molecule has 0 aliphatic carbocycles. The van der Waals surface area contributed by atoms with E-state index in [1.54, 1.807) is 13.8 Å². The lowest BCUT2D eigenvalue weighted by atomic mass is 10.4. The topological polar surface area (TPSA) is 77.5 Å². The van der Waals surface area contributed by atoms with Gasteiger partial charge in [0.15, 0.2) is 0 Å². The Kier molecular flexibility index (Phi) is 4.19. The first-order chi connectivity index (χ1) is 5.40. The molecule has 0 atom stereocenters. The number of carbonyl (C=O) groups excluding carboxylic acids is 1. The quantitative estimate of drug-likeness (QED) is 0.578. The predicted molar refractivity (Wildman–Crippen MR) is 42.2 cm³/mol. The summed E-state index contributed by atoms with van der Waals surface area (Å²) in [6.45, 7) is 3.48. The zero-order chi connectivity index (χ0) is 9.78. The summed E-state index contributed by atoms with van der Waals surface area (Å²) >= 11 is 0. The molecule has 0 unspecified atom stereocenters. The molecule has 72 valence electrons. The molecule has 0 aromatic carbocycles. The van der Waals surface area contributed by atoms with E-state index in [2.05, 4.69) is 0 Å². The maximum atomic E-state index is 10.9. The molecule has 0 fully saturated rings. The summed E-state index contributed by atoms with van der Waals surface area (Å²) in [4.78, 5) is 12.0. The van der Waals surface area contributed by atoms with Crippen molar-refractivity contribution in [3.63, 3.8) is 0 Å². The normalized spacial score (nSPS) is 11.2. The van der Waals surface area contributed by atoms with Gasteiger partial charge in [0.25, 0.3) is 0 Å². The van der Waals surface area contributed by atoms with Gasteiger partial charge < -0.3 is 9.45 Å². The van der Waals surface area contributed by atoms with Crippen LogP contribution in [0.2, 0.25) is 0 Å². The summed E-state index contributed by atoms with van der Waals surface area (Å²) in [6.07, 6.45) is 0.212. The van der Waals surface area contributed by atoms with E-state index in [0.29, 0.717) is 0 Å². The molecule has 0 heterocycles. The molecule has 1 amide bonds. The Morgan fingerprint density at radius 2 is 1.92 bits per heavy atom. The Morgan fingerprint density at radius 3 is 2.17 bits per heavy atom. The zero-order valence-electron chi connectivity index (χ0n) is 7.11. The van der Waals surface area contributed by atoms with Crippen molar-refractivity contribution in [2.24, 2.45) is 0 Å². The highest BCUT2D eigenvalue weighted by molar-refractivity contribution is 7.85. The van der Waals surface area contributed by atoms with Gasteiger partial charge in [0.2, 0.25) is 5.91 Å². The molecule has 0 spiro atoms. The highest BCUT2D eigenvalue weighted by Crippen LogP contribution is 1.96. The summed E-state index contributed by atoms with van der Waals surface area (Å²) in [5, 5.41) is 0. The van der Waals surface area contributed by atoms with E-state index >= 15 is 0 Å². The van der Waals surface area contributed by atoms with Gasteiger partial charge in [-0.25, -0.2) is 8.42 Å². The van der Waals surface area contributed by atoms with Crippen LogP contribution in [0.25, 0.3) is 0 Å². The van der Waals surface area contributed by atoms with Crippen LogP contribution in [-0.2, 0) is 14.9 Å². The zero-order valence-corrected chi connectivity index (χ0v) is 7.93. The van der Waals surface area contributed by atoms with Crippen molar-refractivity contribution >= 4 is 16.0 Å². The fraction of sp³-hybridized carbons (Fsp3) is 0.833. The van der Waals surface area contributed by atoms with Crippen LogP contribution >= 0.6 is 0 Å². The van der Waals surface area contributed by atoms with Gasteiger partial charge in [0.1, 0.15) is 16.0 Å². The molecule has 0 radical (unpaired) electrons. The molecule has 0 saturated carbocycles. The van der Waals surface area contributed by atoms with Gasteiger partial charge in [-0.1, -0.05) is 6.92 Å². The molecule has 0 aliphatic heterocycles.